The van der Waals surface area contributed by atoms with Crippen molar-refractivity contribution in [1.29, 1.82) is 0 Å². The van der Waals surface area contributed by atoms with Gasteiger partial charge < -0.3 is 10.2 Å². The van der Waals surface area contributed by atoms with Gasteiger partial charge in [-0.25, -0.2) is 0 Å². The highest BCUT2D eigenvalue weighted by molar-refractivity contribution is 5.93. The van der Waals surface area contributed by atoms with E-state index in [4.69, 9.17) is 0 Å². The fourth-order valence-corrected chi connectivity index (χ4v) is 2.66. The Hall–Kier alpha value is -2.21. The number of aromatic nitrogens is 1. The first-order valence-electron chi connectivity index (χ1n) is 6.66. The summed E-state index contributed by atoms with van der Waals surface area (Å²) in [6.07, 6.45) is 1.76. The molecule has 2 heterocycles. The van der Waals surface area contributed by atoms with Gasteiger partial charge in [-0.1, -0.05) is 0 Å². The molecule has 3 rings (SSSR count). The zero-order valence-electron chi connectivity index (χ0n) is 11.2. The molecule has 1 aromatic heterocycles. The van der Waals surface area contributed by atoms with Crippen molar-refractivity contribution in [3.05, 3.63) is 40.6 Å². The molecule has 20 heavy (non-hydrogen) atoms. The molecule has 0 aliphatic carbocycles. The molecule has 1 saturated heterocycles. The van der Waals surface area contributed by atoms with Crippen LogP contribution in [0.1, 0.15) is 6.92 Å². The van der Waals surface area contributed by atoms with Gasteiger partial charge in [-0.05, 0) is 19.1 Å². The minimum Gasteiger partial charge on any atom is -0.368 e. The Balaban J connectivity index is 2.09. The zero-order chi connectivity index (χ0) is 14.1. The van der Waals surface area contributed by atoms with Gasteiger partial charge in [0.15, 0.2) is 0 Å². The molecule has 1 atom stereocenters. The first-order valence-corrected chi connectivity index (χ1v) is 6.66. The molecular formula is C14H16N4O2. The molecule has 1 aromatic carbocycles. The SMILES string of the molecule is C[C@@H]1CN(c2ccnc3ccc([N+](=O)[O-])cc23)CCN1. The van der Waals surface area contributed by atoms with Crippen LogP contribution in [0.2, 0.25) is 0 Å². The van der Waals surface area contributed by atoms with Gasteiger partial charge in [-0.2, -0.15) is 0 Å². The number of hydrogen-bond donors (Lipinski definition) is 1. The Bertz CT molecular complexity index is 659. The van der Waals surface area contributed by atoms with Crippen molar-refractivity contribution in [3.8, 4) is 0 Å². The van der Waals surface area contributed by atoms with Gasteiger partial charge in [-0.3, -0.25) is 15.1 Å². The number of piperazine rings is 1. The van der Waals surface area contributed by atoms with Crippen LogP contribution in [0.3, 0.4) is 0 Å². The minimum atomic E-state index is -0.364. The molecule has 0 saturated carbocycles. The summed E-state index contributed by atoms with van der Waals surface area (Å²) in [5, 5.41) is 15.2. The van der Waals surface area contributed by atoms with Gasteiger partial charge in [-0.15, -0.1) is 0 Å². The molecule has 0 unspecified atom stereocenters. The predicted octanol–water partition coefficient (Wildman–Crippen LogP) is 1.94. The molecule has 6 nitrogen and oxygen atoms in total. The maximum absolute atomic E-state index is 10.9. The van der Waals surface area contributed by atoms with Crippen LogP contribution in [0.5, 0.6) is 0 Å². The van der Waals surface area contributed by atoms with Crippen molar-refractivity contribution in [2.45, 2.75) is 13.0 Å². The second-order valence-corrected chi connectivity index (χ2v) is 5.09. The lowest BCUT2D eigenvalue weighted by Gasteiger charge is -2.34. The number of non-ortho nitro benzene ring substituents is 1. The monoisotopic (exact) mass is 272 g/mol. The van der Waals surface area contributed by atoms with Crippen LogP contribution < -0.4 is 10.2 Å². The summed E-state index contributed by atoms with van der Waals surface area (Å²) in [7, 11) is 0. The second-order valence-electron chi connectivity index (χ2n) is 5.09. The van der Waals surface area contributed by atoms with Gasteiger partial charge in [0.1, 0.15) is 0 Å². The Kier molecular flexibility index (Phi) is 3.23. The van der Waals surface area contributed by atoms with E-state index in [0.717, 1.165) is 36.2 Å². The maximum Gasteiger partial charge on any atom is 0.270 e. The van der Waals surface area contributed by atoms with Crippen molar-refractivity contribution in [2.75, 3.05) is 24.5 Å². The number of nitro benzene ring substituents is 1. The summed E-state index contributed by atoms with van der Waals surface area (Å²) in [4.78, 5) is 17.1. The normalized spacial score (nSPS) is 19.2. The number of nitro groups is 1. The standard InChI is InChI=1S/C14H16N4O2/c1-10-9-17(7-6-15-10)14-4-5-16-13-3-2-11(18(19)20)8-12(13)14/h2-5,8,10,15H,6-7,9H2,1H3/t10-/m1/s1. The number of rotatable bonds is 2. The third kappa shape index (κ3) is 2.30. The highest BCUT2D eigenvalue weighted by Crippen LogP contribution is 2.29. The van der Waals surface area contributed by atoms with Gasteiger partial charge in [0.25, 0.3) is 5.69 Å². The molecule has 1 aliphatic rings. The van der Waals surface area contributed by atoms with E-state index in [-0.39, 0.29) is 10.6 Å². The molecule has 0 spiro atoms. The van der Waals surface area contributed by atoms with Crippen molar-refractivity contribution in [2.24, 2.45) is 0 Å². The smallest absolute Gasteiger partial charge is 0.270 e. The molecule has 6 heteroatoms. The number of pyridine rings is 1. The molecule has 1 N–H and O–H groups in total. The summed E-state index contributed by atoms with van der Waals surface area (Å²) in [6.45, 7) is 4.84. The molecule has 0 radical (unpaired) electrons. The Labute approximate surface area is 116 Å². The quantitative estimate of drug-likeness (QED) is 0.668. The van der Waals surface area contributed by atoms with Crippen LogP contribution >= 0.6 is 0 Å². The fraction of sp³-hybridized carbons (Fsp3) is 0.357. The number of benzene rings is 1. The molecule has 104 valence electrons. The largest absolute Gasteiger partial charge is 0.368 e. The summed E-state index contributed by atoms with van der Waals surface area (Å²) in [6, 6.07) is 7.17. The van der Waals surface area contributed by atoms with Crippen molar-refractivity contribution >= 4 is 22.3 Å². The summed E-state index contributed by atoms with van der Waals surface area (Å²) < 4.78 is 0. The van der Waals surface area contributed by atoms with E-state index < -0.39 is 0 Å². The van der Waals surface area contributed by atoms with E-state index in [1.807, 2.05) is 6.07 Å². The van der Waals surface area contributed by atoms with Crippen molar-refractivity contribution < 1.29 is 4.92 Å². The number of fused-ring (bicyclic) bond motifs is 1. The lowest BCUT2D eigenvalue weighted by molar-refractivity contribution is -0.384. The minimum absolute atomic E-state index is 0.106. The Morgan fingerprint density at radius 1 is 1.45 bits per heavy atom. The number of nitrogens with one attached hydrogen (secondary N) is 1. The van der Waals surface area contributed by atoms with E-state index in [0.29, 0.717) is 6.04 Å². The van der Waals surface area contributed by atoms with Crippen molar-refractivity contribution in [1.82, 2.24) is 10.3 Å². The highest BCUT2D eigenvalue weighted by Gasteiger charge is 2.19. The van der Waals surface area contributed by atoms with Crippen LogP contribution in [0.25, 0.3) is 10.9 Å². The van der Waals surface area contributed by atoms with E-state index >= 15 is 0 Å². The number of hydrogen-bond acceptors (Lipinski definition) is 5. The molecule has 2 aromatic rings. The topological polar surface area (TPSA) is 71.3 Å². The average molecular weight is 272 g/mol. The lowest BCUT2D eigenvalue weighted by Crippen LogP contribution is -2.49. The maximum atomic E-state index is 10.9. The lowest BCUT2D eigenvalue weighted by atomic mass is 10.1. The Morgan fingerprint density at radius 2 is 2.30 bits per heavy atom. The van der Waals surface area contributed by atoms with Gasteiger partial charge in [0.05, 0.1) is 10.4 Å². The zero-order valence-corrected chi connectivity index (χ0v) is 11.2. The van der Waals surface area contributed by atoms with E-state index in [2.05, 4.69) is 22.1 Å². The summed E-state index contributed by atoms with van der Waals surface area (Å²) in [5.41, 5.74) is 1.92. The number of anilines is 1. The van der Waals surface area contributed by atoms with Gasteiger partial charge >= 0.3 is 0 Å². The summed E-state index contributed by atoms with van der Waals surface area (Å²) >= 11 is 0. The molecular weight excluding hydrogens is 256 g/mol. The second kappa shape index (κ2) is 5.05. The first kappa shape index (κ1) is 12.8. The summed E-state index contributed by atoms with van der Waals surface area (Å²) in [5.74, 6) is 0. The highest BCUT2D eigenvalue weighted by atomic mass is 16.6. The third-order valence-electron chi connectivity index (χ3n) is 3.62. The van der Waals surface area contributed by atoms with Crippen LogP contribution in [0.15, 0.2) is 30.5 Å². The van der Waals surface area contributed by atoms with E-state index in [9.17, 15) is 10.1 Å². The van der Waals surface area contributed by atoms with Gasteiger partial charge in [0, 0.05) is 55.1 Å². The van der Waals surface area contributed by atoms with Crippen LogP contribution in [-0.4, -0.2) is 35.6 Å². The first-order chi connectivity index (χ1) is 9.65. The van der Waals surface area contributed by atoms with Gasteiger partial charge in [0.2, 0.25) is 0 Å². The predicted molar refractivity (Wildman–Crippen MR) is 78.1 cm³/mol. The fourth-order valence-electron chi connectivity index (χ4n) is 2.66. The van der Waals surface area contributed by atoms with Crippen LogP contribution in [0.4, 0.5) is 11.4 Å². The molecule has 0 amide bonds. The van der Waals surface area contributed by atoms with Crippen LogP contribution in [0, 0.1) is 10.1 Å². The van der Waals surface area contributed by atoms with E-state index in [1.165, 1.54) is 6.07 Å². The van der Waals surface area contributed by atoms with Crippen LogP contribution in [-0.2, 0) is 0 Å². The number of nitrogens with zero attached hydrogens (tertiary/aromatic N) is 3. The van der Waals surface area contributed by atoms with E-state index in [1.54, 1.807) is 18.3 Å². The molecule has 1 aliphatic heterocycles. The third-order valence-corrected chi connectivity index (χ3v) is 3.62. The van der Waals surface area contributed by atoms with Crippen molar-refractivity contribution in [3.63, 3.8) is 0 Å². The molecule has 1 fully saturated rings. The molecule has 0 bridgehead atoms. The average Bonchev–Trinajstić information content (AvgIpc) is 2.46. The Morgan fingerprint density at radius 3 is 3.05 bits per heavy atom.